The van der Waals surface area contributed by atoms with Gasteiger partial charge in [-0.25, -0.2) is 8.42 Å². The van der Waals surface area contributed by atoms with Gasteiger partial charge < -0.3 is 10.2 Å². The standard InChI is InChI=1S/C31H35ClF3N3O4S/c1-21-11-14-25(15-12-21)43(41,42)38(24-13-16-27(32)26(19-24)31(33,34)35)20-28(39)37(18-17-23-9-7-6-8-10-23)22(2)29(40)36-30(3,4)5/h6-16,19,22H,17-18,20H2,1-5H3,(H,36,40)/t22-/m0/s1. The topological polar surface area (TPSA) is 86.8 Å². The number of carbonyl (C=O) groups excluding carboxylic acids is 2. The van der Waals surface area contributed by atoms with Crippen LogP contribution in [-0.4, -0.2) is 49.8 Å². The van der Waals surface area contributed by atoms with Crippen molar-refractivity contribution in [2.45, 2.75) is 63.7 Å². The molecule has 7 nitrogen and oxygen atoms in total. The number of carbonyl (C=O) groups is 2. The number of nitrogens with one attached hydrogen (secondary N) is 1. The fourth-order valence-electron chi connectivity index (χ4n) is 4.30. The second-order valence-corrected chi connectivity index (χ2v) is 13.5. The normalized spacial score (nSPS) is 12.9. The smallest absolute Gasteiger partial charge is 0.350 e. The number of sulfonamides is 1. The molecule has 3 rings (SSSR count). The van der Waals surface area contributed by atoms with Gasteiger partial charge in [0.05, 0.1) is 21.2 Å². The Morgan fingerprint density at radius 2 is 1.56 bits per heavy atom. The number of benzene rings is 3. The van der Waals surface area contributed by atoms with E-state index in [1.807, 2.05) is 30.3 Å². The minimum Gasteiger partial charge on any atom is -0.350 e. The maximum absolute atomic E-state index is 13.9. The van der Waals surface area contributed by atoms with Crippen LogP contribution >= 0.6 is 11.6 Å². The number of alkyl halides is 3. The number of hydrogen-bond donors (Lipinski definition) is 1. The molecule has 0 unspecified atom stereocenters. The Hall–Kier alpha value is -3.57. The lowest BCUT2D eigenvalue weighted by molar-refractivity contribution is -0.139. The molecule has 0 aliphatic heterocycles. The van der Waals surface area contributed by atoms with Crippen LogP contribution < -0.4 is 9.62 Å². The highest BCUT2D eigenvalue weighted by atomic mass is 35.5. The quantitative estimate of drug-likeness (QED) is 0.285. The van der Waals surface area contributed by atoms with Crippen LogP contribution in [0.15, 0.2) is 77.7 Å². The van der Waals surface area contributed by atoms with Gasteiger partial charge in [0, 0.05) is 12.1 Å². The summed E-state index contributed by atoms with van der Waals surface area (Å²) in [6, 6.07) is 16.5. The highest BCUT2D eigenvalue weighted by molar-refractivity contribution is 7.92. The summed E-state index contributed by atoms with van der Waals surface area (Å²) in [7, 11) is -4.54. The number of rotatable bonds is 10. The first-order valence-electron chi connectivity index (χ1n) is 13.5. The molecule has 1 N–H and O–H groups in total. The van der Waals surface area contributed by atoms with Crippen molar-refractivity contribution in [1.29, 1.82) is 0 Å². The van der Waals surface area contributed by atoms with Crippen molar-refractivity contribution in [3.05, 3.63) is 94.5 Å². The number of amides is 2. The largest absolute Gasteiger partial charge is 0.417 e. The summed E-state index contributed by atoms with van der Waals surface area (Å²) in [5, 5.41) is 2.21. The summed E-state index contributed by atoms with van der Waals surface area (Å²) in [6.07, 6.45) is -4.53. The zero-order chi connectivity index (χ0) is 32.2. The summed E-state index contributed by atoms with van der Waals surface area (Å²) in [5.41, 5.74) is -0.626. The van der Waals surface area contributed by atoms with Gasteiger partial charge in [-0.15, -0.1) is 0 Å². The summed E-state index contributed by atoms with van der Waals surface area (Å²) in [6.45, 7) is 7.80. The van der Waals surface area contributed by atoms with Crippen LogP contribution in [0.5, 0.6) is 0 Å². The summed E-state index contributed by atoms with van der Waals surface area (Å²) in [5.74, 6) is -1.24. The van der Waals surface area contributed by atoms with Crippen molar-refractivity contribution < 1.29 is 31.2 Å². The Balaban J connectivity index is 2.08. The molecule has 0 radical (unpaired) electrons. The highest BCUT2D eigenvalue weighted by Crippen LogP contribution is 2.38. The lowest BCUT2D eigenvalue weighted by atomic mass is 10.1. The van der Waals surface area contributed by atoms with Crippen LogP contribution in [0.4, 0.5) is 18.9 Å². The lowest BCUT2D eigenvalue weighted by Crippen LogP contribution is -2.55. The van der Waals surface area contributed by atoms with E-state index in [4.69, 9.17) is 11.6 Å². The SMILES string of the molecule is Cc1ccc(S(=O)(=O)N(CC(=O)N(CCc2ccccc2)[C@@H](C)C(=O)NC(C)(C)C)c2ccc(Cl)c(C(F)(F)F)c2)cc1. The molecule has 232 valence electrons. The van der Waals surface area contributed by atoms with Crippen molar-refractivity contribution in [2.75, 3.05) is 17.4 Å². The third-order valence-electron chi connectivity index (χ3n) is 6.58. The Kier molecular flexibility index (Phi) is 10.6. The first-order chi connectivity index (χ1) is 19.9. The summed E-state index contributed by atoms with van der Waals surface area (Å²) >= 11 is 5.81. The molecule has 0 heterocycles. The molecule has 2 amide bonds. The van der Waals surface area contributed by atoms with Crippen LogP contribution in [0.25, 0.3) is 0 Å². The highest BCUT2D eigenvalue weighted by Gasteiger charge is 2.37. The van der Waals surface area contributed by atoms with Gasteiger partial charge in [0.25, 0.3) is 10.0 Å². The molecule has 0 fully saturated rings. The van der Waals surface area contributed by atoms with E-state index in [9.17, 15) is 31.2 Å². The Morgan fingerprint density at radius 3 is 2.12 bits per heavy atom. The fourth-order valence-corrected chi connectivity index (χ4v) is 5.93. The Labute approximate surface area is 255 Å². The number of aryl methyl sites for hydroxylation is 1. The van der Waals surface area contributed by atoms with Gasteiger partial charge in [0.15, 0.2) is 0 Å². The van der Waals surface area contributed by atoms with Crippen LogP contribution in [-0.2, 0) is 32.2 Å². The number of nitrogens with zero attached hydrogens (tertiary/aromatic N) is 2. The second kappa shape index (κ2) is 13.4. The summed E-state index contributed by atoms with van der Waals surface area (Å²) in [4.78, 5) is 28.1. The molecule has 1 atom stereocenters. The minimum absolute atomic E-state index is 0.0500. The van der Waals surface area contributed by atoms with E-state index in [-0.39, 0.29) is 11.4 Å². The van der Waals surface area contributed by atoms with E-state index in [2.05, 4.69) is 5.32 Å². The molecule has 0 aromatic heterocycles. The van der Waals surface area contributed by atoms with E-state index in [1.54, 1.807) is 39.8 Å². The molecule has 3 aromatic carbocycles. The van der Waals surface area contributed by atoms with Gasteiger partial charge in [0.1, 0.15) is 12.6 Å². The van der Waals surface area contributed by atoms with Crippen molar-refractivity contribution in [2.24, 2.45) is 0 Å². The van der Waals surface area contributed by atoms with Gasteiger partial charge in [-0.05, 0) is 76.9 Å². The van der Waals surface area contributed by atoms with Crippen molar-refractivity contribution >= 4 is 39.1 Å². The average molecular weight is 638 g/mol. The average Bonchev–Trinajstić information content (AvgIpc) is 2.91. The van der Waals surface area contributed by atoms with E-state index in [0.717, 1.165) is 23.3 Å². The third-order valence-corrected chi connectivity index (χ3v) is 8.70. The van der Waals surface area contributed by atoms with Crippen LogP contribution in [0.2, 0.25) is 5.02 Å². The van der Waals surface area contributed by atoms with Gasteiger partial charge in [0.2, 0.25) is 11.8 Å². The molecule has 0 spiro atoms. The van der Waals surface area contributed by atoms with Gasteiger partial charge >= 0.3 is 6.18 Å². The molecular formula is C31H35ClF3N3O4S. The molecule has 43 heavy (non-hydrogen) atoms. The monoisotopic (exact) mass is 637 g/mol. The lowest BCUT2D eigenvalue weighted by Gasteiger charge is -2.33. The van der Waals surface area contributed by atoms with E-state index in [1.165, 1.54) is 24.0 Å². The molecule has 0 bridgehead atoms. The number of halogens is 4. The Morgan fingerprint density at radius 1 is 0.953 bits per heavy atom. The molecular weight excluding hydrogens is 603 g/mol. The van der Waals surface area contributed by atoms with Gasteiger partial charge in [-0.3, -0.25) is 13.9 Å². The number of hydrogen-bond acceptors (Lipinski definition) is 4. The van der Waals surface area contributed by atoms with E-state index in [0.29, 0.717) is 16.8 Å². The van der Waals surface area contributed by atoms with Crippen molar-refractivity contribution in [1.82, 2.24) is 10.2 Å². The van der Waals surface area contributed by atoms with Crippen molar-refractivity contribution in [3.8, 4) is 0 Å². The minimum atomic E-state index is -4.88. The van der Waals surface area contributed by atoms with Crippen LogP contribution in [0.3, 0.4) is 0 Å². The maximum Gasteiger partial charge on any atom is 0.417 e. The first kappa shape index (κ1) is 33.9. The Bertz CT molecular complexity index is 1540. The van der Waals surface area contributed by atoms with E-state index >= 15 is 0 Å². The zero-order valence-corrected chi connectivity index (χ0v) is 26.1. The van der Waals surface area contributed by atoms with Crippen LogP contribution in [0, 0.1) is 6.92 Å². The first-order valence-corrected chi connectivity index (χ1v) is 15.3. The predicted molar refractivity (Wildman–Crippen MR) is 161 cm³/mol. The molecule has 3 aromatic rings. The third kappa shape index (κ3) is 8.96. The summed E-state index contributed by atoms with van der Waals surface area (Å²) < 4.78 is 69.7. The fraction of sp³-hybridized carbons (Fsp3) is 0.355. The second-order valence-electron chi connectivity index (χ2n) is 11.2. The predicted octanol–water partition coefficient (Wildman–Crippen LogP) is 6.24. The van der Waals surface area contributed by atoms with Gasteiger partial charge in [-0.2, -0.15) is 13.2 Å². The van der Waals surface area contributed by atoms with Gasteiger partial charge in [-0.1, -0.05) is 59.6 Å². The van der Waals surface area contributed by atoms with Crippen molar-refractivity contribution in [3.63, 3.8) is 0 Å². The van der Waals surface area contributed by atoms with E-state index < -0.39 is 62.4 Å². The maximum atomic E-state index is 13.9. The molecule has 0 aliphatic carbocycles. The molecule has 0 saturated heterocycles. The molecule has 12 heteroatoms. The number of anilines is 1. The molecule has 0 aliphatic rings. The molecule has 0 saturated carbocycles. The zero-order valence-electron chi connectivity index (χ0n) is 24.6. The van der Waals surface area contributed by atoms with Crippen LogP contribution in [0.1, 0.15) is 44.4 Å².